The largest absolute Gasteiger partial charge is 0.397 e. The Kier molecular flexibility index (Phi) is 3.28. The standard InChI is InChI=1S/C9H9F3N2O/c10-9(11,12)4-3-7(15)8-6(13)2-1-5-14-8/h1-2,5H,3-4,13H2. The van der Waals surface area contributed by atoms with Crippen molar-refractivity contribution >= 4 is 11.5 Å². The molecule has 0 saturated carbocycles. The van der Waals surface area contributed by atoms with Crippen molar-refractivity contribution in [3.05, 3.63) is 24.0 Å². The van der Waals surface area contributed by atoms with Gasteiger partial charge in [0, 0.05) is 12.6 Å². The summed E-state index contributed by atoms with van der Waals surface area (Å²) in [5.74, 6) is -0.689. The molecule has 0 aromatic carbocycles. The van der Waals surface area contributed by atoms with Gasteiger partial charge in [-0.3, -0.25) is 9.78 Å². The first-order chi connectivity index (χ1) is 6.90. The minimum absolute atomic E-state index is 0.0956. The van der Waals surface area contributed by atoms with Crippen LogP contribution in [0.2, 0.25) is 0 Å². The van der Waals surface area contributed by atoms with Crippen LogP contribution in [0.15, 0.2) is 18.3 Å². The number of carbonyl (C=O) groups is 1. The minimum Gasteiger partial charge on any atom is -0.397 e. The van der Waals surface area contributed by atoms with Gasteiger partial charge in [-0.1, -0.05) is 0 Å². The molecule has 0 radical (unpaired) electrons. The summed E-state index contributed by atoms with van der Waals surface area (Å²) in [4.78, 5) is 14.9. The van der Waals surface area contributed by atoms with Crippen molar-refractivity contribution in [2.45, 2.75) is 19.0 Å². The lowest BCUT2D eigenvalue weighted by atomic mass is 10.1. The number of Topliss-reactive ketones (excluding diaryl/α,β-unsaturated/α-hetero) is 1. The second kappa shape index (κ2) is 4.29. The average molecular weight is 218 g/mol. The molecule has 0 aliphatic heterocycles. The van der Waals surface area contributed by atoms with Crippen LogP contribution in [0, 0.1) is 0 Å². The van der Waals surface area contributed by atoms with E-state index in [1.807, 2.05) is 0 Å². The van der Waals surface area contributed by atoms with E-state index in [-0.39, 0.29) is 11.4 Å². The SMILES string of the molecule is Nc1cccnc1C(=O)CCC(F)(F)F. The van der Waals surface area contributed by atoms with Crippen molar-refractivity contribution in [1.82, 2.24) is 4.98 Å². The van der Waals surface area contributed by atoms with Crippen LogP contribution in [0.1, 0.15) is 23.3 Å². The van der Waals surface area contributed by atoms with Crippen molar-refractivity contribution in [3.8, 4) is 0 Å². The lowest BCUT2D eigenvalue weighted by molar-refractivity contribution is -0.133. The van der Waals surface area contributed by atoms with Gasteiger partial charge in [-0.2, -0.15) is 13.2 Å². The molecule has 6 heteroatoms. The minimum atomic E-state index is -4.33. The highest BCUT2D eigenvalue weighted by molar-refractivity contribution is 5.98. The van der Waals surface area contributed by atoms with E-state index < -0.39 is 24.8 Å². The van der Waals surface area contributed by atoms with Gasteiger partial charge in [0.25, 0.3) is 0 Å². The Balaban J connectivity index is 2.66. The van der Waals surface area contributed by atoms with Crippen molar-refractivity contribution in [2.75, 3.05) is 5.73 Å². The summed E-state index contributed by atoms with van der Waals surface area (Å²) in [7, 11) is 0. The Morgan fingerprint density at radius 1 is 1.47 bits per heavy atom. The molecular weight excluding hydrogens is 209 g/mol. The van der Waals surface area contributed by atoms with E-state index in [0.29, 0.717) is 0 Å². The lowest BCUT2D eigenvalue weighted by Gasteiger charge is -2.05. The molecule has 0 bridgehead atoms. The number of pyridine rings is 1. The summed E-state index contributed by atoms with van der Waals surface area (Å²) in [5, 5.41) is 0. The van der Waals surface area contributed by atoms with Gasteiger partial charge in [-0.25, -0.2) is 0 Å². The Morgan fingerprint density at radius 2 is 2.13 bits per heavy atom. The number of ketones is 1. The molecule has 1 heterocycles. The Morgan fingerprint density at radius 3 is 2.67 bits per heavy atom. The third-order valence-electron chi connectivity index (χ3n) is 1.74. The van der Waals surface area contributed by atoms with Gasteiger partial charge >= 0.3 is 6.18 Å². The summed E-state index contributed by atoms with van der Waals surface area (Å²) < 4.78 is 35.5. The molecule has 1 aromatic heterocycles. The molecule has 15 heavy (non-hydrogen) atoms. The van der Waals surface area contributed by atoms with Gasteiger partial charge in [0.15, 0.2) is 5.78 Å². The normalized spacial score (nSPS) is 11.4. The molecule has 82 valence electrons. The summed E-state index contributed by atoms with van der Waals surface area (Å²) >= 11 is 0. The number of hydrogen-bond donors (Lipinski definition) is 1. The maximum Gasteiger partial charge on any atom is 0.389 e. The molecule has 1 rings (SSSR count). The summed E-state index contributed by atoms with van der Waals surface area (Å²) in [6.07, 6.45) is -4.79. The van der Waals surface area contributed by atoms with Gasteiger partial charge in [-0.15, -0.1) is 0 Å². The molecule has 3 nitrogen and oxygen atoms in total. The number of hydrogen-bond acceptors (Lipinski definition) is 3. The zero-order valence-electron chi connectivity index (χ0n) is 7.71. The van der Waals surface area contributed by atoms with Gasteiger partial charge in [0.05, 0.1) is 12.1 Å². The van der Waals surface area contributed by atoms with Crippen LogP contribution < -0.4 is 5.73 Å². The predicted octanol–water partition coefficient (Wildman–Crippen LogP) is 2.19. The molecule has 0 atom stereocenters. The van der Waals surface area contributed by atoms with Crippen LogP contribution in [0.3, 0.4) is 0 Å². The number of alkyl halides is 3. The summed E-state index contributed by atoms with van der Waals surface area (Å²) in [6, 6.07) is 2.93. The highest BCUT2D eigenvalue weighted by atomic mass is 19.4. The van der Waals surface area contributed by atoms with Gasteiger partial charge in [0.1, 0.15) is 5.69 Å². The van der Waals surface area contributed by atoms with E-state index in [0.717, 1.165) is 0 Å². The van der Waals surface area contributed by atoms with Crippen LogP contribution >= 0.6 is 0 Å². The molecular formula is C9H9F3N2O. The maximum atomic E-state index is 11.8. The van der Waals surface area contributed by atoms with Gasteiger partial charge in [-0.05, 0) is 12.1 Å². The molecule has 0 unspecified atom stereocenters. The molecule has 0 saturated heterocycles. The average Bonchev–Trinajstić information content (AvgIpc) is 2.14. The second-order valence-corrected chi connectivity index (χ2v) is 2.98. The van der Waals surface area contributed by atoms with Crippen LogP contribution in [0.25, 0.3) is 0 Å². The monoisotopic (exact) mass is 218 g/mol. The van der Waals surface area contributed by atoms with Crippen LogP contribution in [0.5, 0.6) is 0 Å². The first-order valence-corrected chi connectivity index (χ1v) is 4.20. The predicted molar refractivity (Wildman–Crippen MR) is 48.3 cm³/mol. The number of carbonyl (C=O) groups excluding carboxylic acids is 1. The fourth-order valence-corrected chi connectivity index (χ4v) is 1.02. The number of nitrogens with two attached hydrogens (primary N) is 1. The van der Waals surface area contributed by atoms with Crippen molar-refractivity contribution < 1.29 is 18.0 Å². The molecule has 0 spiro atoms. The molecule has 0 amide bonds. The number of aromatic nitrogens is 1. The first-order valence-electron chi connectivity index (χ1n) is 4.20. The number of halogens is 3. The van der Waals surface area contributed by atoms with E-state index >= 15 is 0 Å². The zero-order chi connectivity index (χ0) is 11.5. The fourth-order valence-electron chi connectivity index (χ4n) is 1.02. The number of rotatable bonds is 3. The fraction of sp³-hybridized carbons (Fsp3) is 0.333. The molecule has 0 aliphatic rings. The second-order valence-electron chi connectivity index (χ2n) is 2.98. The third-order valence-corrected chi connectivity index (χ3v) is 1.74. The van der Waals surface area contributed by atoms with E-state index in [4.69, 9.17) is 5.73 Å². The zero-order valence-corrected chi connectivity index (χ0v) is 7.71. The van der Waals surface area contributed by atoms with E-state index in [1.54, 1.807) is 0 Å². The highest BCUT2D eigenvalue weighted by Crippen LogP contribution is 2.23. The summed E-state index contributed by atoms with van der Waals surface area (Å²) in [5.41, 5.74) is 5.40. The van der Waals surface area contributed by atoms with Crippen molar-refractivity contribution in [3.63, 3.8) is 0 Å². The third kappa shape index (κ3) is 3.57. The smallest absolute Gasteiger partial charge is 0.389 e. The molecule has 0 aliphatic carbocycles. The molecule has 1 aromatic rings. The summed E-state index contributed by atoms with van der Waals surface area (Å²) in [6.45, 7) is 0. The van der Waals surface area contributed by atoms with Gasteiger partial charge in [0.2, 0.25) is 0 Å². The van der Waals surface area contributed by atoms with E-state index in [1.165, 1.54) is 18.3 Å². The number of nitrogen functional groups attached to an aromatic ring is 1. The molecule has 2 N–H and O–H groups in total. The Labute approximate surface area is 84.1 Å². The number of anilines is 1. The topological polar surface area (TPSA) is 56.0 Å². The molecule has 0 fully saturated rings. The van der Waals surface area contributed by atoms with Crippen molar-refractivity contribution in [1.29, 1.82) is 0 Å². The Hall–Kier alpha value is -1.59. The quantitative estimate of drug-likeness (QED) is 0.791. The van der Waals surface area contributed by atoms with Crippen LogP contribution in [-0.2, 0) is 0 Å². The maximum absolute atomic E-state index is 11.8. The van der Waals surface area contributed by atoms with E-state index in [2.05, 4.69) is 4.98 Å². The highest BCUT2D eigenvalue weighted by Gasteiger charge is 2.28. The van der Waals surface area contributed by atoms with Crippen LogP contribution in [0.4, 0.5) is 18.9 Å². The van der Waals surface area contributed by atoms with Gasteiger partial charge < -0.3 is 5.73 Å². The Bertz CT molecular complexity index is 363. The van der Waals surface area contributed by atoms with Crippen molar-refractivity contribution in [2.24, 2.45) is 0 Å². The van der Waals surface area contributed by atoms with E-state index in [9.17, 15) is 18.0 Å². The first kappa shape index (κ1) is 11.5. The lowest BCUT2D eigenvalue weighted by Crippen LogP contribution is -2.13. The van der Waals surface area contributed by atoms with Crippen LogP contribution in [-0.4, -0.2) is 16.9 Å². The number of nitrogens with zero attached hydrogens (tertiary/aromatic N) is 1.